The van der Waals surface area contributed by atoms with Crippen LogP contribution in [0.1, 0.15) is 30.7 Å². The molecule has 0 fully saturated rings. The van der Waals surface area contributed by atoms with Crippen molar-refractivity contribution in [3.63, 3.8) is 0 Å². The van der Waals surface area contributed by atoms with E-state index in [0.29, 0.717) is 17.1 Å². The largest absolute Gasteiger partial charge is 0.497 e. The van der Waals surface area contributed by atoms with Crippen molar-refractivity contribution < 1.29 is 9.26 Å². The van der Waals surface area contributed by atoms with Crippen molar-refractivity contribution in [2.24, 2.45) is 0 Å². The minimum absolute atomic E-state index is 0.106. The third-order valence-electron chi connectivity index (χ3n) is 6.46. The molecular weight excluding hydrogens is 474 g/mol. The Hall–Kier alpha value is -3.85. The molecule has 0 N–H and O–H groups in total. The van der Waals surface area contributed by atoms with Crippen molar-refractivity contribution in [1.29, 1.82) is 0 Å². The van der Waals surface area contributed by atoms with Crippen LogP contribution in [-0.4, -0.2) is 31.6 Å². The zero-order valence-electron chi connectivity index (χ0n) is 19.9. The van der Waals surface area contributed by atoms with Gasteiger partial charge < -0.3 is 13.8 Å². The number of ether oxygens (including phenoxy) is 1. The first-order valence-electron chi connectivity index (χ1n) is 12.0. The molecule has 4 heterocycles. The molecule has 0 bridgehead atoms. The number of rotatable bonds is 6. The minimum atomic E-state index is -0.106. The van der Waals surface area contributed by atoms with E-state index in [1.54, 1.807) is 18.9 Å². The van der Waals surface area contributed by atoms with E-state index in [-0.39, 0.29) is 5.56 Å². The number of hydrogen-bond donors (Lipinski definition) is 0. The van der Waals surface area contributed by atoms with Crippen molar-refractivity contribution in [3.8, 4) is 34.1 Å². The predicted molar refractivity (Wildman–Crippen MR) is 138 cm³/mol. The lowest BCUT2D eigenvalue weighted by atomic mass is 10.1. The topological polar surface area (TPSA) is 88.0 Å². The second-order valence-electron chi connectivity index (χ2n) is 8.75. The Bertz CT molecular complexity index is 1520. The molecule has 36 heavy (non-hydrogen) atoms. The normalized spacial score (nSPS) is 13.5. The summed E-state index contributed by atoms with van der Waals surface area (Å²) in [6, 6.07) is 19.2. The summed E-state index contributed by atoms with van der Waals surface area (Å²) in [6.45, 7) is 0.837. The molecule has 3 aromatic rings. The van der Waals surface area contributed by atoms with Crippen LogP contribution in [0.4, 0.5) is 0 Å². The summed E-state index contributed by atoms with van der Waals surface area (Å²) < 4.78 is 14.5. The third kappa shape index (κ3) is 4.19. The standard InChI is InChI=1S/C27H25N5O3S/c1-34-20-13-11-18(12-14-20)22-16-21(35-30-22)17-36-27-28-25-24(23-10-6-3-7-15-31(23)27)26(33)32(29-25)19-8-4-2-5-9-19/h2,4-5,8-9,11-14,16H,3,6-7,10,15,17H2,1H3. The van der Waals surface area contributed by atoms with E-state index in [1.165, 1.54) is 4.68 Å². The quantitative estimate of drug-likeness (QED) is 0.234. The Kier molecular flexibility index (Phi) is 6.06. The van der Waals surface area contributed by atoms with Crippen LogP contribution in [0.2, 0.25) is 0 Å². The van der Waals surface area contributed by atoms with Gasteiger partial charge in [0.15, 0.2) is 11.0 Å². The number of fused-ring (bicyclic) bond motifs is 3. The molecule has 8 nitrogen and oxygen atoms in total. The molecule has 0 amide bonds. The van der Waals surface area contributed by atoms with Crippen molar-refractivity contribution in [3.05, 3.63) is 82.5 Å². The Morgan fingerprint density at radius 1 is 1.06 bits per heavy atom. The van der Waals surface area contributed by atoms with Gasteiger partial charge in [-0.1, -0.05) is 41.5 Å². The van der Waals surface area contributed by atoms with E-state index in [4.69, 9.17) is 14.2 Å². The van der Waals surface area contributed by atoms with Gasteiger partial charge in [-0.15, -0.1) is 5.10 Å². The summed E-state index contributed by atoms with van der Waals surface area (Å²) >= 11 is 1.58. The molecule has 0 unspecified atom stereocenters. The third-order valence-corrected chi connectivity index (χ3v) is 7.45. The number of thioether (sulfide) groups is 1. The molecule has 3 aliphatic rings. The molecule has 9 heteroatoms. The second kappa shape index (κ2) is 9.66. The van der Waals surface area contributed by atoms with Crippen LogP contribution >= 0.6 is 11.8 Å². The monoisotopic (exact) mass is 499 g/mol. The van der Waals surface area contributed by atoms with Crippen LogP contribution in [0.3, 0.4) is 0 Å². The van der Waals surface area contributed by atoms with Gasteiger partial charge in [-0.05, 0) is 55.7 Å². The summed E-state index contributed by atoms with van der Waals surface area (Å²) in [5, 5.41) is 9.70. The molecule has 2 aromatic carbocycles. The average Bonchev–Trinajstić information content (AvgIpc) is 3.44. The summed E-state index contributed by atoms with van der Waals surface area (Å²) in [7, 11) is 1.65. The molecule has 0 atom stereocenters. The Morgan fingerprint density at radius 3 is 2.69 bits per heavy atom. The van der Waals surface area contributed by atoms with Gasteiger partial charge in [-0.3, -0.25) is 4.79 Å². The first-order valence-corrected chi connectivity index (χ1v) is 13.0. The smallest absolute Gasteiger partial charge is 0.284 e. The van der Waals surface area contributed by atoms with Gasteiger partial charge in [-0.25, -0.2) is 4.98 Å². The SMILES string of the molecule is COc1ccc(-c2cc(CSc3nc4nn(-c5ccccc5)c(=O)c-4c4n3CCCCC4)on2)cc1. The number of hydrogen-bond acceptors (Lipinski definition) is 7. The molecule has 3 aliphatic heterocycles. The van der Waals surface area contributed by atoms with E-state index in [0.717, 1.165) is 71.5 Å². The Labute approximate surface area is 212 Å². The average molecular weight is 500 g/mol. The van der Waals surface area contributed by atoms with Gasteiger partial charge >= 0.3 is 0 Å². The van der Waals surface area contributed by atoms with Crippen LogP contribution in [0, 0.1) is 0 Å². The van der Waals surface area contributed by atoms with E-state index in [1.807, 2.05) is 60.7 Å². The molecule has 0 spiro atoms. The molecule has 0 saturated carbocycles. The maximum absolute atomic E-state index is 13.4. The lowest BCUT2D eigenvalue weighted by Crippen LogP contribution is -2.19. The van der Waals surface area contributed by atoms with Crippen molar-refractivity contribution in [2.75, 3.05) is 7.11 Å². The highest BCUT2D eigenvalue weighted by Crippen LogP contribution is 2.32. The predicted octanol–water partition coefficient (Wildman–Crippen LogP) is 5.22. The maximum atomic E-state index is 13.4. The minimum Gasteiger partial charge on any atom is -0.497 e. The number of aromatic nitrogens is 5. The van der Waals surface area contributed by atoms with E-state index < -0.39 is 0 Å². The van der Waals surface area contributed by atoms with E-state index >= 15 is 0 Å². The fraction of sp³-hybridized carbons (Fsp3) is 0.259. The lowest BCUT2D eigenvalue weighted by Gasteiger charge is -2.17. The van der Waals surface area contributed by atoms with Gasteiger partial charge in [0.1, 0.15) is 22.8 Å². The fourth-order valence-corrected chi connectivity index (χ4v) is 5.54. The zero-order chi connectivity index (χ0) is 24.5. The van der Waals surface area contributed by atoms with E-state index in [9.17, 15) is 4.79 Å². The molecule has 0 radical (unpaired) electrons. The van der Waals surface area contributed by atoms with Crippen LogP contribution in [0.5, 0.6) is 5.75 Å². The molecule has 1 aromatic heterocycles. The molecule has 0 aliphatic carbocycles. The van der Waals surface area contributed by atoms with Crippen LogP contribution < -0.4 is 10.3 Å². The van der Waals surface area contributed by atoms with E-state index in [2.05, 4.69) is 14.8 Å². The second-order valence-corrected chi connectivity index (χ2v) is 9.69. The first kappa shape index (κ1) is 22.6. The van der Waals surface area contributed by atoms with Crippen LogP contribution in [-0.2, 0) is 18.7 Å². The van der Waals surface area contributed by atoms with Gasteiger partial charge in [-0.2, -0.15) is 4.68 Å². The van der Waals surface area contributed by atoms with Crippen molar-refractivity contribution in [1.82, 2.24) is 24.5 Å². The number of nitrogens with zero attached hydrogens (tertiary/aromatic N) is 5. The van der Waals surface area contributed by atoms with Gasteiger partial charge in [0.05, 0.1) is 18.6 Å². The highest BCUT2D eigenvalue weighted by Gasteiger charge is 2.27. The van der Waals surface area contributed by atoms with Gasteiger partial charge in [0.2, 0.25) is 0 Å². The first-order chi connectivity index (χ1) is 17.7. The number of methoxy groups -OCH3 is 1. The van der Waals surface area contributed by atoms with Gasteiger partial charge in [0, 0.05) is 23.9 Å². The molecule has 0 saturated heterocycles. The lowest BCUT2D eigenvalue weighted by molar-refractivity contribution is 0.397. The summed E-state index contributed by atoms with van der Waals surface area (Å²) in [6.07, 6.45) is 4.07. The fourth-order valence-electron chi connectivity index (χ4n) is 4.62. The zero-order valence-corrected chi connectivity index (χ0v) is 20.7. The number of benzene rings is 2. The summed E-state index contributed by atoms with van der Waals surface area (Å²) in [5.41, 5.74) is 4.05. The van der Waals surface area contributed by atoms with Crippen molar-refractivity contribution in [2.45, 2.75) is 43.1 Å². The number of para-hydroxylation sites is 1. The van der Waals surface area contributed by atoms with Crippen LogP contribution in [0.25, 0.3) is 28.3 Å². The summed E-state index contributed by atoms with van der Waals surface area (Å²) in [5.74, 6) is 2.63. The molecule has 6 rings (SSSR count). The van der Waals surface area contributed by atoms with Crippen molar-refractivity contribution >= 4 is 11.8 Å². The van der Waals surface area contributed by atoms with Gasteiger partial charge in [0.25, 0.3) is 5.56 Å². The Morgan fingerprint density at radius 2 is 1.89 bits per heavy atom. The maximum Gasteiger partial charge on any atom is 0.284 e. The molecule has 182 valence electrons. The van der Waals surface area contributed by atoms with Crippen LogP contribution in [0.15, 0.2) is 75.1 Å². The highest BCUT2D eigenvalue weighted by atomic mass is 32.2. The molecular formula is C27H25N5O3S. The highest BCUT2D eigenvalue weighted by molar-refractivity contribution is 7.98. The Balaban J connectivity index is 1.33. The summed E-state index contributed by atoms with van der Waals surface area (Å²) in [4.78, 5) is 18.2.